The first kappa shape index (κ1) is 29.1. The van der Waals surface area contributed by atoms with Crippen molar-refractivity contribution in [3.63, 3.8) is 0 Å². The molecule has 0 aliphatic carbocycles. The van der Waals surface area contributed by atoms with E-state index in [1.807, 2.05) is 6.92 Å². The Balaban J connectivity index is 5.63. The first-order chi connectivity index (χ1) is 14.6. The Morgan fingerprint density at radius 3 is 1.48 bits per heavy atom. The number of aliphatic hydroxyl groups excluding tert-OH is 2. The van der Waals surface area contributed by atoms with Gasteiger partial charge in [-0.1, -0.05) is 19.8 Å². The maximum Gasteiger partial charge on any atom is 0.323 e. The minimum atomic E-state index is -1.30. The summed E-state index contributed by atoms with van der Waals surface area (Å²) in [4.78, 5) is 35.2. The summed E-state index contributed by atoms with van der Waals surface area (Å²) in [6.07, 6.45) is -0.599. The number of nitrogens with two attached hydrogens (primary N) is 2. The van der Waals surface area contributed by atoms with Gasteiger partial charge in [0.05, 0.1) is 12.2 Å². The highest BCUT2D eigenvalue weighted by atomic mass is 16.4. The number of carboxylic acids is 3. The van der Waals surface area contributed by atoms with Crippen molar-refractivity contribution >= 4 is 17.9 Å². The zero-order valence-corrected chi connectivity index (χ0v) is 17.8. The highest BCUT2D eigenvalue weighted by molar-refractivity contribution is 5.75. The number of rotatable bonds is 19. The molecule has 0 spiro atoms. The number of hydrogen-bond acceptors (Lipinski definition) is 10. The fraction of sp³-hybridized carbons (Fsp3) is 0.833. The zero-order chi connectivity index (χ0) is 24.0. The SMILES string of the molecule is CCCC[C@@H](C(=O)O)N(N[C@@H](CC[C@@H](O)CN)C(=O)O)N[C@@H](CC[C@@H](O)CN)C(=O)O. The predicted molar refractivity (Wildman–Crippen MR) is 110 cm³/mol. The maximum absolute atomic E-state index is 11.8. The molecule has 0 saturated carbocycles. The van der Waals surface area contributed by atoms with Crippen molar-refractivity contribution in [1.82, 2.24) is 16.0 Å². The minimum absolute atomic E-state index is 0.0477. The monoisotopic (exact) mass is 451 g/mol. The molecule has 31 heavy (non-hydrogen) atoms. The van der Waals surface area contributed by atoms with Gasteiger partial charge in [0, 0.05) is 13.1 Å². The number of nitrogens with zero attached hydrogens (tertiary/aromatic N) is 1. The number of carboxylic acid groups (broad SMARTS) is 3. The molecule has 13 heteroatoms. The first-order valence-corrected chi connectivity index (χ1v) is 10.3. The van der Waals surface area contributed by atoms with Crippen molar-refractivity contribution in [3.05, 3.63) is 0 Å². The van der Waals surface area contributed by atoms with Crippen molar-refractivity contribution in [2.45, 2.75) is 82.2 Å². The Bertz CT molecular complexity index is 519. The maximum atomic E-state index is 11.8. The van der Waals surface area contributed by atoms with E-state index in [2.05, 4.69) is 10.9 Å². The van der Waals surface area contributed by atoms with Crippen molar-refractivity contribution in [3.8, 4) is 0 Å². The molecule has 5 atom stereocenters. The molecule has 0 unspecified atom stereocenters. The molecule has 0 aromatic heterocycles. The van der Waals surface area contributed by atoms with Crippen molar-refractivity contribution in [1.29, 1.82) is 0 Å². The number of hydrazine groups is 2. The molecular weight excluding hydrogens is 414 g/mol. The van der Waals surface area contributed by atoms with Gasteiger partial charge in [-0.05, 0) is 32.1 Å². The lowest BCUT2D eigenvalue weighted by Crippen LogP contribution is -2.64. The number of carbonyl (C=O) groups is 3. The average molecular weight is 452 g/mol. The summed E-state index contributed by atoms with van der Waals surface area (Å²) in [5, 5.41) is 48.8. The molecule has 0 heterocycles. The molecule has 0 aromatic carbocycles. The van der Waals surface area contributed by atoms with Crippen molar-refractivity contribution < 1.29 is 39.9 Å². The summed E-state index contributed by atoms with van der Waals surface area (Å²) in [5.41, 5.74) is 15.8. The van der Waals surface area contributed by atoms with E-state index in [4.69, 9.17) is 11.5 Å². The highest BCUT2D eigenvalue weighted by Gasteiger charge is 2.33. The molecular formula is C18H37N5O8. The standard InChI is InChI=1S/C18H37N5O8/c1-2-3-4-15(18(30)31)23(21-13(16(26)27)7-5-11(24)9-19)22-14(17(28)29)8-6-12(25)10-20/h11-15,21-22,24-25H,2-10,19-20H2,1H3,(H,26,27)(H,28,29)(H,30,31)/t11-,12-,13+,14+,15+/m1/s1. The van der Waals surface area contributed by atoms with E-state index in [1.165, 1.54) is 0 Å². The van der Waals surface area contributed by atoms with Gasteiger partial charge in [-0.15, -0.1) is 0 Å². The molecule has 0 saturated heterocycles. The predicted octanol–water partition coefficient (Wildman–Crippen LogP) is -1.95. The van der Waals surface area contributed by atoms with Crippen molar-refractivity contribution in [2.24, 2.45) is 11.5 Å². The van der Waals surface area contributed by atoms with Gasteiger partial charge in [0.25, 0.3) is 0 Å². The second-order valence-corrected chi connectivity index (χ2v) is 7.34. The van der Waals surface area contributed by atoms with Crippen LogP contribution in [0.2, 0.25) is 0 Å². The molecule has 0 aliphatic rings. The van der Waals surface area contributed by atoms with E-state index in [1.54, 1.807) is 0 Å². The van der Waals surface area contributed by atoms with Gasteiger partial charge in [0.2, 0.25) is 0 Å². The molecule has 182 valence electrons. The molecule has 0 bridgehead atoms. The molecule has 11 N–H and O–H groups in total. The van der Waals surface area contributed by atoms with Crippen LogP contribution in [-0.4, -0.2) is 92.0 Å². The quantitative estimate of drug-likeness (QED) is 0.0972. The van der Waals surface area contributed by atoms with Gasteiger partial charge in [0.1, 0.15) is 18.1 Å². The van der Waals surface area contributed by atoms with Crippen LogP contribution < -0.4 is 22.3 Å². The minimum Gasteiger partial charge on any atom is -0.480 e. The molecule has 13 nitrogen and oxygen atoms in total. The van der Waals surface area contributed by atoms with Crippen LogP contribution in [0.4, 0.5) is 0 Å². The second kappa shape index (κ2) is 15.9. The summed E-state index contributed by atoms with van der Waals surface area (Å²) in [6, 6.07) is -3.87. The Morgan fingerprint density at radius 2 is 1.19 bits per heavy atom. The normalized spacial score (nSPS) is 16.5. The summed E-state index contributed by atoms with van der Waals surface area (Å²) in [5.74, 6) is -3.88. The third-order valence-corrected chi connectivity index (χ3v) is 4.74. The molecule has 0 amide bonds. The number of aliphatic carboxylic acids is 3. The third-order valence-electron chi connectivity index (χ3n) is 4.74. The van der Waals surface area contributed by atoms with E-state index < -0.39 is 48.2 Å². The van der Waals surface area contributed by atoms with Gasteiger partial charge >= 0.3 is 17.9 Å². The van der Waals surface area contributed by atoms with Gasteiger partial charge in [0.15, 0.2) is 0 Å². The molecule has 0 aromatic rings. The lowest BCUT2D eigenvalue weighted by Gasteiger charge is -2.34. The topological polar surface area (TPSA) is 232 Å². The highest BCUT2D eigenvalue weighted by Crippen LogP contribution is 2.11. The average Bonchev–Trinajstić information content (AvgIpc) is 2.72. The third kappa shape index (κ3) is 11.9. The fourth-order valence-electron chi connectivity index (χ4n) is 2.75. The van der Waals surface area contributed by atoms with Crippen LogP contribution in [-0.2, 0) is 14.4 Å². The van der Waals surface area contributed by atoms with Crippen LogP contribution in [0.3, 0.4) is 0 Å². The second-order valence-electron chi connectivity index (χ2n) is 7.34. The summed E-state index contributed by atoms with van der Waals surface area (Å²) < 4.78 is 0. The van der Waals surface area contributed by atoms with Crippen molar-refractivity contribution in [2.75, 3.05) is 13.1 Å². The van der Waals surface area contributed by atoms with Gasteiger partial charge in [-0.3, -0.25) is 14.4 Å². The van der Waals surface area contributed by atoms with Gasteiger partial charge in [-0.2, -0.15) is 5.12 Å². The number of nitrogens with one attached hydrogen (secondary N) is 2. The van der Waals surface area contributed by atoms with Gasteiger partial charge in [-0.25, -0.2) is 10.9 Å². The lowest BCUT2D eigenvalue weighted by molar-refractivity contribution is -0.156. The van der Waals surface area contributed by atoms with Crippen LogP contribution in [0.1, 0.15) is 51.9 Å². The van der Waals surface area contributed by atoms with Crippen LogP contribution in [0.5, 0.6) is 0 Å². The van der Waals surface area contributed by atoms with Crippen LogP contribution in [0.15, 0.2) is 0 Å². The van der Waals surface area contributed by atoms with E-state index in [0.29, 0.717) is 12.8 Å². The van der Waals surface area contributed by atoms with E-state index in [0.717, 1.165) is 5.12 Å². The lowest BCUT2D eigenvalue weighted by atomic mass is 10.1. The Morgan fingerprint density at radius 1 is 0.774 bits per heavy atom. The molecule has 0 fully saturated rings. The summed E-state index contributed by atoms with van der Waals surface area (Å²) in [6.45, 7) is 1.73. The largest absolute Gasteiger partial charge is 0.480 e. The van der Waals surface area contributed by atoms with E-state index in [-0.39, 0.29) is 45.2 Å². The summed E-state index contributed by atoms with van der Waals surface area (Å²) in [7, 11) is 0. The number of aliphatic hydroxyl groups is 2. The smallest absolute Gasteiger partial charge is 0.323 e. The van der Waals surface area contributed by atoms with E-state index in [9.17, 15) is 39.9 Å². The molecule has 0 aliphatic heterocycles. The molecule has 0 rings (SSSR count). The fourth-order valence-corrected chi connectivity index (χ4v) is 2.75. The Labute approximate surface area is 181 Å². The first-order valence-electron chi connectivity index (χ1n) is 10.3. The van der Waals surface area contributed by atoms with Gasteiger partial charge < -0.3 is 37.0 Å². The Hall–Kier alpha value is -1.87. The molecule has 0 radical (unpaired) electrons. The van der Waals surface area contributed by atoms with Crippen LogP contribution >= 0.6 is 0 Å². The zero-order valence-electron chi connectivity index (χ0n) is 17.8. The van der Waals surface area contributed by atoms with E-state index >= 15 is 0 Å². The summed E-state index contributed by atoms with van der Waals surface area (Å²) >= 11 is 0. The number of unbranched alkanes of at least 4 members (excludes halogenated alkanes) is 1. The number of hydrogen-bond donors (Lipinski definition) is 9. The van der Waals surface area contributed by atoms with Crippen LogP contribution in [0.25, 0.3) is 0 Å². The van der Waals surface area contributed by atoms with Crippen LogP contribution in [0, 0.1) is 0 Å². The Kier molecular flexibility index (Phi) is 14.9.